The fourth-order valence-corrected chi connectivity index (χ4v) is 1.73. The van der Waals surface area contributed by atoms with Gasteiger partial charge >= 0.3 is 11.9 Å². The van der Waals surface area contributed by atoms with Crippen molar-refractivity contribution in [1.29, 1.82) is 0 Å². The monoisotopic (exact) mass is 286 g/mol. The number of carbonyl (C=O) groups is 2. The van der Waals surface area contributed by atoms with E-state index < -0.39 is 23.0 Å². The summed E-state index contributed by atoms with van der Waals surface area (Å²) in [4.78, 5) is 24.0. The number of rotatable bonds is 4. The van der Waals surface area contributed by atoms with Crippen LogP contribution < -0.4 is 0 Å². The van der Waals surface area contributed by atoms with Crippen molar-refractivity contribution in [3.05, 3.63) is 0 Å². The smallest absolute Gasteiger partial charge is 0.323 e. The molecule has 0 aromatic heterocycles. The van der Waals surface area contributed by atoms with Crippen molar-refractivity contribution in [2.45, 2.75) is 67.9 Å². The summed E-state index contributed by atoms with van der Waals surface area (Å²) in [5.41, 5.74) is -2.36. The Labute approximate surface area is 123 Å². The van der Waals surface area contributed by atoms with Crippen molar-refractivity contribution in [2.75, 3.05) is 7.11 Å². The number of hydrogen-bond donors (Lipinski definition) is 0. The maximum absolute atomic E-state index is 12.3. The van der Waals surface area contributed by atoms with E-state index in [9.17, 15) is 9.59 Å². The molecular formula is C16H30O4. The van der Waals surface area contributed by atoms with Crippen LogP contribution in [-0.4, -0.2) is 24.6 Å². The minimum absolute atomic E-state index is 0.0633. The zero-order valence-corrected chi connectivity index (χ0v) is 14.6. The summed E-state index contributed by atoms with van der Waals surface area (Å²) in [6, 6.07) is 0. The van der Waals surface area contributed by atoms with Gasteiger partial charge in [-0.05, 0) is 33.1 Å². The van der Waals surface area contributed by atoms with Gasteiger partial charge in [0.15, 0.2) is 5.41 Å². The van der Waals surface area contributed by atoms with Gasteiger partial charge in [0, 0.05) is 5.41 Å². The fourth-order valence-electron chi connectivity index (χ4n) is 1.73. The van der Waals surface area contributed by atoms with Gasteiger partial charge in [0.25, 0.3) is 0 Å². The van der Waals surface area contributed by atoms with Crippen LogP contribution in [0, 0.1) is 16.2 Å². The normalized spacial score (nSPS) is 13.9. The van der Waals surface area contributed by atoms with Crippen LogP contribution in [0.2, 0.25) is 0 Å². The van der Waals surface area contributed by atoms with E-state index in [-0.39, 0.29) is 10.8 Å². The molecule has 0 radical (unpaired) electrons. The van der Waals surface area contributed by atoms with Crippen molar-refractivity contribution in [3.8, 4) is 0 Å². The van der Waals surface area contributed by atoms with Crippen LogP contribution >= 0.6 is 0 Å². The van der Waals surface area contributed by atoms with Gasteiger partial charge in [0.2, 0.25) is 0 Å². The van der Waals surface area contributed by atoms with Crippen LogP contribution in [0.1, 0.15) is 62.3 Å². The third-order valence-electron chi connectivity index (χ3n) is 4.93. The Hall–Kier alpha value is -1.06. The number of carbonyl (C=O) groups excluding carboxylic acids is 2. The highest BCUT2D eigenvalue weighted by atomic mass is 16.6. The van der Waals surface area contributed by atoms with Crippen molar-refractivity contribution in [2.24, 2.45) is 16.2 Å². The lowest BCUT2D eigenvalue weighted by Gasteiger charge is -2.50. The lowest BCUT2D eigenvalue weighted by Crippen LogP contribution is -2.52. The summed E-state index contributed by atoms with van der Waals surface area (Å²) in [6.07, 6.45) is 0. The molecule has 0 aliphatic carbocycles. The Morgan fingerprint density at radius 1 is 0.750 bits per heavy atom. The number of methoxy groups -OCH3 is 1. The van der Waals surface area contributed by atoms with E-state index in [2.05, 4.69) is 39.4 Å². The molecule has 0 N–H and O–H groups in total. The molecular weight excluding hydrogens is 256 g/mol. The van der Waals surface area contributed by atoms with E-state index in [0.717, 1.165) is 0 Å². The Morgan fingerprint density at radius 2 is 1.15 bits per heavy atom. The first kappa shape index (κ1) is 18.9. The van der Waals surface area contributed by atoms with E-state index in [1.807, 2.05) is 13.8 Å². The topological polar surface area (TPSA) is 52.6 Å². The van der Waals surface area contributed by atoms with E-state index >= 15 is 0 Å². The fraction of sp³-hybridized carbons (Fsp3) is 0.875. The van der Waals surface area contributed by atoms with Gasteiger partial charge in [-0.2, -0.15) is 0 Å². The van der Waals surface area contributed by atoms with Gasteiger partial charge < -0.3 is 9.47 Å². The summed E-state index contributed by atoms with van der Waals surface area (Å²) in [5, 5.41) is 0. The standard InChI is InChI=1S/C16H30O4/c1-13(2,3)15(6,7)16(8,9)20-12(18)14(4,5)11(17)19-10/h1-10H3. The van der Waals surface area contributed by atoms with E-state index in [1.165, 1.54) is 21.0 Å². The number of esters is 2. The van der Waals surface area contributed by atoms with Crippen LogP contribution in [0.3, 0.4) is 0 Å². The first-order chi connectivity index (χ1) is 8.61. The lowest BCUT2D eigenvalue weighted by molar-refractivity contribution is -0.193. The molecule has 0 heterocycles. The molecule has 4 heteroatoms. The molecule has 0 aromatic carbocycles. The Bertz CT molecular complexity index is 384. The molecule has 0 saturated heterocycles. The van der Waals surface area contributed by atoms with Crippen LogP contribution in [0.25, 0.3) is 0 Å². The molecule has 4 nitrogen and oxygen atoms in total. The zero-order valence-electron chi connectivity index (χ0n) is 14.6. The SMILES string of the molecule is COC(=O)C(C)(C)C(=O)OC(C)(C)C(C)(C)C(C)(C)C. The number of ether oxygens (including phenoxy) is 2. The third-order valence-corrected chi connectivity index (χ3v) is 4.93. The van der Waals surface area contributed by atoms with Crippen molar-refractivity contribution in [1.82, 2.24) is 0 Å². The molecule has 0 aliphatic rings. The van der Waals surface area contributed by atoms with Crippen LogP contribution in [0.4, 0.5) is 0 Å². The molecule has 0 saturated carbocycles. The minimum atomic E-state index is -1.31. The first-order valence-electron chi connectivity index (χ1n) is 6.93. The van der Waals surface area contributed by atoms with Crippen LogP contribution in [0.5, 0.6) is 0 Å². The van der Waals surface area contributed by atoms with Crippen molar-refractivity contribution < 1.29 is 19.1 Å². The average molecular weight is 286 g/mol. The quantitative estimate of drug-likeness (QED) is 0.585. The summed E-state index contributed by atoms with van der Waals surface area (Å²) < 4.78 is 10.3. The first-order valence-corrected chi connectivity index (χ1v) is 6.93. The summed E-state index contributed by atoms with van der Waals surface area (Å²) >= 11 is 0. The molecule has 0 amide bonds. The second kappa shape index (κ2) is 5.38. The largest absolute Gasteiger partial charge is 0.468 e. The van der Waals surface area contributed by atoms with Crippen molar-refractivity contribution >= 4 is 11.9 Å². The van der Waals surface area contributed by atoms with Gasteiger partial charge in [-0.25, -0.2) is 0 Å². The molecule has 0 fully saturated rings. The molecule has 0 atom stereocenters. The highest BCUT2D eigenvalue weighted by Gasteiger charge is 2.50. The molecule has 0 aromatic rings. The molecule has 0 aliphatic heterocycles. The maximum atomic E-state index is 12.3. The van der Waals surface area contributed by atoms with E-state index in [4.69, 9.17) is 4.74 Å². The molecule has 0 spiro atoms. The molecule has 0 rings (SSSR count). The summed E-state index contributed by atoms with van der Waals surface area (Å²) in [7, 11) is 1.27. The predicted octanol–water partition coefficient (Wildman–Crippen LogP) is 3.58. The van der Waals surface area contributed by atoms with Gasteiger partial charge in [-0.1, -0.05) is 34.6 Å². The van der Waals surface area contributed by atoms with Gasteiger partial charge in [-0.3, -0.25) is 9.59 Å². The van der Waals surface area contributed by atoms with Gasteiger partial charge in [-0.15, -0.1) is 0 Å². The number of hydrogen-bond acceptors (Lipinski definition) is 4. The summed E-state index contributed by atoms with van der Waals surface area (Å²) in [6.45, 7) is 17.2. The highest BCUT2D eigenvalue weighted by molar-refractivity contribution is 5.99. The van der Waals surface area contributed by atoms with Crippen molar-refractivity contribution in [3.63, 3.8) is 0 Å². The summed E-state index contributed by atoms with van der Waals surface area (Å²) in [5.74, 6) is -1.15. The van der Waals surface area contributed by atoms with Gasteiger partial charge in [0.1, 0.15) is 5.60 Å². The Balaban J connectivity index is 5.32. The molecule has 20 heavy (non-hydrogen) atoms. The zero-order chi connectivity index (χ0) is 16.6. The molecule has 0 bridgehead atoms. The Morgan fingerprint density at radius 3 is 1.45 bits per heavy atom. The molecule has 0 unspecified atom stereocenters. The lowest BCUT2D eigenvalue weighted by atomic mass is 9.61. The van der Waals surface area contributed by atoms with Gasteiger partial charge in [0.05, 0.1) is 7.11 Å². The van der Waals surface area contributed by atoms with Crippen LogP contribution in [-0.2, 0) is 19.1 Å². The second-order valence-electron chi connectivity index (χ2n) is 7.89. The maximum Gasteiger partial charge on any atom is 0.323 e. The van der Waals surface area contributed by atoms with E-state index in [0.29, 0.717) is 0 Å². The molecule has 118 valence electrons. The van der Waals surface area contributed by atoms with E-state index in [1.54, 1.807) is 0 Å². The minimum Gasteiger partial charge on any atom is -0.468 e. The average Bonchev–Trinajstić information content (AvgIpc) is 2.25. The van der Waals surface area contributed by atoms with Crippen LogP contribution in [0.15, 0.2) is 0 Å². The predicted molar refractivity (Wildman–Crippen MR) is 79.2 cm³/mol. The highest BCUT2D eigenvalue weighted by Crippen LogP contribution is 2.48. The Kier molecular flexibility index (Phi) is 5.09. The second-order valence-corrected chi connectivity index (χ2v) is 7.89. The third kappa shape index (κ3) is 3.33.